The van der Waals surface area contributed by atoms with E-state index >= 15 is 0 Å². The van der Waals surface area contributed by atoms with Crippen LogP contribution in [0.5, 0.6) is 5.75 Å². The number of rotatable bonds is 8. The fourth-order valence-corrected chi connectivity index (χ4v) is 5.28. The summed E-state index contributed by atoms with van der Waals surface area (Å²) in [5.41, 5.74) is 1.34. The van der Waals surface area contributed by atoms with Crippen LogP contribution in [0.4, 0.5) is 5.69 Å². The van der Waals surface area contributed by atoms with Gasteiger partial charge in [0.2, 0.25) is 5.91 Å². The van der Waals surface area contributed by atoms with Crippen LogP contribution in [0.15, 0.2) is 48.7 Å². The number of benzene rings is 1. The molecule has 2 heterocycles. The Morgan fingerprint density at radius 3 is 2.67 bits per heavy atom. The maximum atomic E-state index is 13.3. The maximum Gasteiger partial charge on any atom is 0.304 e. The van der Waals surface area contributed by atoms with Crippen LogP contribution in [0.2, 0.25) is 0 Å². The van der Waals surface area contributed by atoms with E-state index in [9.17, 15) is 13.2 Å². The van der Waals surface area contributed by atoms with Gasteiger partial charge in [0.15, 0.2) is 0 Å². The summed E-state index contributed by atoms with van der Waals surface area (Å²) in [6, 6.07) is 12.4. The number of piperidine rings is 1. The van der Waals surface area contributed by atoms with Gasteiger partial charge in [0.05, 0.1) is 31.0 Å². The summed E-state index contributed by atoms with van der Waals surface area (Å²) in [4.78, 5) is 16.8. The Morgan fingerprint density at radius 2 is 2.03 bits per heavy atom. The second kappa shape index (κ2) is 9.90. The smallest absolute Gasteiger partial charge is 0.304 e. The molecule has 1 aliphatic rings. The number of ether oxygens (including phenoxy) is 1. The molecule has 3 rings (SSSR count). The van der Waals surface area contributed by atoms with Gasteiger partial charge in [-0.1, -0.05) is 6.07 Å². The van der Waals surface area contributed by atoms with E-state index in [4.69, 9.17) is 4.74 Å². The predicted octanol–water partition coefficient (Wildman–Crippen LogP) is 2.19. The summed E-state index contributed by atoms with van der Waals surface area (Å²) in [5.74, 6) is 0.134. The van der Waals surface area contributed by atoms with Crippen LogP contribution in [0.1, 0.15) is 25.5 Å². The molecule has 1 amide bonds. The maximum absolute atomic E-state index is 13.3. The third kappa shape index (κ3) is 5.09. The van der Waals surface area contributed by atoms with E-state index in [0.29, 0.717) is 43.9 Å². The zero-order valence-electron chi connectivity index (χ0n) is 17.3. The molecular weight excluding hydrogens is 404 g/mol. The Balaban J connectivity index is 1.68. The minimum absolute atomic E-state index is 0.145. The van der Waals surface area contributed by atoms with Gasteiger partial charge in [0.1, 0.15) is 5.75 Å². The van der Waals surface area contributed by atoms with E-state index in [1.807, 2.05) is 18.2 Å². The van der Waals surface area contributed by atoms with Gasteiger partial charge in [-0.2, -0.15) is 12.7 Å². The molecule has 1 aromatic heterocycles. The van der Waals surface area contributed by atoms with Crippen molar-refractivity contribution in [3.05, 3.63) is 54.4 Å². The Morgan fingerprint density at radius 1 is 1.27 bits per heavy atom. The highest BCUT2D eigenvalue weighted by Gasteiger charge is 2.35. The van der Waals surface area contributed by atoms with Crippen molar-refractivity contribution < 1.29 is 17.9 Å². The molecule has 1 aromatic carbocycles. The number of hydrogen-bond acceptors (Lipinski definition) is 5. The van der Waals surface area contributed by atoms with E-state index in [2.05, 4.69) is 10.3 Å². The monoisotopic (exact) mass is 432 g/mol. The lowest BCUT2D eigenvalue weighted by atomic mass is 9.99. The lowest BCUT2D eigenvalue weighted by Crippen LogP contribution is -2.50. The molecule has 1 aliphatic heterocycles. The number of carbonyl (C=O) groups excluding carboxylic acids is 1. The Hall–Kier alpha value is -2.65. The predicted molar refractivity (Wildman–Crippen MR) is 115 cm³/mol. The molecule has 30 heavy (non-hydrogen) atoms. The van der Waals surface area contributed by atoms with Gasteiger partial charge in [0, 0.05) is 25.8 Å². The summed E-state index contributed by atoms with van der Waals surface area (Å²) in [5, 5.41) is 2.88. The van der Waals surface area contributed by atoms with Crippen molar-refractivity contribution in [1.82, 2.24) is 14.6 Å². The highest BCUT2D eigenvalue weighted by Crippen LogP contribution is 2.26. The highest BCUT2D eigenvalue weighted by molar-refractivity contribution is 7.90. The van der Waals surface area contributed by atoms with Crippen LogP contribution in [-0.4, -0.2) is 50.4 Å². The number of hydrogen-bond donors (Lipinski definition) is 1. The Labute approximate surface area is 178 Å². The van der Waals surface area contributed by atoms with Crippen LogP contribution in [0.3, 0.4) is 0 Å². The molecule has 1 unspecified atom stereocenters. The van der Waals surface area contributed by atoms with Crippen LogP contribution >= 0.6 is 0 Å². The molecule has 2 aromatic rings. The summed E-state index contributed by atoms with van der Waals surface area (Å²) in [7, 11) is -2.18. The second-order valence-corrected chi connectivity index (χ2v) is 8.96. The van der Waals surface area contributed by atoms with Gasteiger partial charge in [-0.25, -0.2) is 0 Å². The molecular formula is C21H28N4O4S. The van der Waals surface area contributed by atoms with Crippen molar-refractivity contribution >= 4 is 21.8 Å². The van der Waals surface area contributed by atoms with Gasteiger partial charge < -0.3 is 10.1 Å². The SMILES string of the molecule is CCN(c1ccc(OC)cc1)S(=O)(=O)N1CCCC(C(=O)NCc2ccccn2)C1. The van der Waals surface area contributed by atoms with Crippen LogP contribution < -0.4 is 14.4 Å². The van der Waals surface area contributed by atoms with E-state index in [-0.39, 0.29) is 18.4 Å². The van der Waals surface area contributed by atoms with E-state index in [1.54, 1.807) is 44.5 Å². The average molecular weight is 433 g/mol. The third-order valence-electron chi connectivity index (χ3n) is 5.18. The molecule has 1 saturated heterocycles. The number of aromatic nitrogens is 1. The van der Waals surface area contributed by atoms with Crippen LogP contribution in [0, 0.1) is 5.92 Å². The van der Waals surface area contributed by atoms with Crippen LogP contribution in [-0.2, 0) is 21.5 Å². The minimum Gasteiger partial charge on any atom is -0.497 e. The van der Waals surface area contributed by atoms with Crippen molar-refractivity contribution in [1.29, 1.82) is 0 Å². The summed E-state index contributed by atoms with van der Waals surface area (Å²) >= 11 is 0. The van der Waals surface area contributed by atoms with Gasteiger partial charge in [-0.05, 0) is 56.2 Å². The normalized spacial score (nSPS) is 17.3. The lowest BCUT2D eigenvalue weighted by molar-refractivity contribution is -0.126. The average Bonchev–Trinajstić information content (AvgIpc) is 2.79. The van der Waals surface area contributed by atoms with Gasteiger partial charge in [0.25, 0.3) is 0 Å². The van der Waals surface area contributed by atoms with E-state index < -0.39 is 10.2 Å². The number of methoxy groups -OCH3 is 1. The zero-order chi connectivity index (χ0) is 21.6. The van der Waals surface area contributed by atoms with Crippen molar-refractivity contribution in [3.8, 4) is 5.75 Å². The fourth-order valence-electron chi connectivity index (χ4n) is 3.56. The highest BCUT2D eigenvalue weighted by atomic mass is 32.2. The number of nitrogens with zero attached hydrogens (tertiary/aromatic N) is 3. The number of carbonyl (C=O) groups is 1. The van der Waals surface area contributed by atoms with Crippen molar-refractivity contribution in [3.63, 3.8) is 0 Å². The van der Waals surface area contributed by atoms with Crippen molar-refractivity contribution in [2.45, 2.75) is 26.3 Å². The minimum atomic E-state index is -3.75. The molecule has 162 valence electrons. The zero-order valence-corrected chi connectivity index (χ0v) is 18.1. The van der Waals surface area contributed by atoms with E-state index in [0.717, 1.165) is 5.69 Å². The van der Waals surface area contributed by atoms with Crippen molar-refractivity contribution in [2.24, 2.45) is 5.92 Å². The standard InChI is InChI=1S/C21H28N4O4S/c1-3-25(19-9-11-20(29-2)12-10-19)30(27,28)24-14-6-7-17(16-24)21(26)23-15-18-8-4-5-13-22-18/h4-5,8-13,17H,3,6-7,14-16H2,1-2H3,(H,23,26). The van der Waals surface area contributed by atoms with Crippen LogP contribution in [0.25, 0.3) is 0 Å². The topological polar surface area (TPSA) is 91.8 Å². The first kappa shape index (κ1) is 22.0. The lowest BCUT2D eigenvalue weighted by Gasteiger charge is -2.35. The summed E-state index contributed by atoms with van der Waals surface area (Å²) in [6.07, 6.45) is 2.98. The number of nitrogens with one attached hydrogen (secondary N) is 1. The molecule has 0 saturated carbocycles. The van der Waals surface area contributed by atoms with Gasteiger partial charge in [-0.15, -0.1) is 0 Å². The first-order valence-corrected chi connectivity index (χ1v) is 11.4. The largest absolute Gasteiger partial charge is 0.497 e. The Kier molecular flexibility index (Phi) is 7.28. The molecule has 1 atom stereocenters. The number of pyridine rings is 1. The van der Waals surface area contributed by atoms with Gasteiger partial charge in [-0.3, -0.25) is 14.1 Å². The quantitative estimate of drug-likeness (QED) is 0.690. The number of amides is 1. The molecule has 0 radical (unpaired) electrons. The molecule has 0 bridgehead atoms. The third-order valence-corrected chi connectivity index (χ3v) is 7.19. The number of anilines is 1. The Bertz CT molecular complexity index is 935. The first-order chi connectivity index (χ1) is 14.5. The summed E-state index contributed by atoms with van der Waals surface area (Å²) in [6.45, 7) is 2.99. The molecule has 9 heteroatoms. The molecule has 0 aliphatic carbocycles. The molecule has 1 N–H and O–H groups in total. The van der Waals surface area contributed by atoms with E-state index in [1.165, 1.54) is 8.61 Å². The molecule has 1 fully saturated rings. The molecule has 8 nitrogen and oxygen atoms in total. The fraction of sp³-hybridized carbons (Fsp3) is 0.429. The van der Waals surface area contributed by atoms with Gasteiger partial charge >= 0.3 is 10.2 Å². The molecule has 0 spiro atoms. The second-order valence-electron chi connectivity index (χ2n) is 7.11. The summed E-state index contributed by atoms with van der Waals surface area (Å²) < 4.78 is 34.5. The van der Waals surface area contributed by atoms with Crippen molar-refractivity contribution in [2.75, 3.05) is 31.0 Å². The first-order valence-electron chi connectivity index (χ1n) is 10.0.